The van der Waals surface area contributed by atoms with Crippen LogP contribution in [0.3, 0.4) is 0 Å². The summed E-state index contributed by atoms with van der Waals surface area (Å²) >= 11 is 0. The molecule has 0 aliphatic heterocycles. The Bertz CT molecular complexity index is 240. The van der Waals surface area contributed by atoms with Crippen molar-refractivity contribution in [2.45, 2.75) is 32.4 Å². The van der Waals surface area contributed by atoms with Crippen molar-refractivity contribution < 1.29 is 9.69 Å². The topological polar surface area (TPSA) is 29.4 Å². The fraction of sp³-hybridized carbons (Fsp3) is 0.833. The van der Waals surface area contributed by atoms with Gasteiger partial charge in [0, 0.05) is 10.3 Å². The number of hydrogen-bond acceptors (Lipinski definition) is 1. The van der Waals surface area contributed by atoms with Crippen LogP contribution >= 0.6 is 0 Å². The van der Waals surface area contributed by atoms with Gasteiger partial charge in [-0.15, -0.1) is 0 Å². The Hall–Kier alpha value is -0.180. The largest absolute Gasteiger partial charge is 0.234 e. The third-order valence-electron chi connectivity index (χ3n) is 0.652. The number of rotatable bonds is 1. The fourth-order valence-electron chi connectivity index (χ4n) is 0.178. The lowest BCUT2D eigenvalue weighted by Gasteiger charge is -2.12. The highest BCUT2D eigenvalue weighted by Gasteiger charge is 2.17. The van der Waals surface area contributed by atoms with Crippen LogP contribution in [-0.2, 0) is 11.0 Å². The Balaban J connectivity index is 4.70. The molecule has 0 amide bonds. The van der Waals surface area contributed by atoms with Gasteiger partial charge in [0.25, 0.3) is 0 Å². The lowest BCUT2D eigenvalue weighted by molar-refractivity contribution is 0.651. The lowest BCUT2D eigenvalue weighted by atomic mass is 10.3. The highest BCUT2D eigenvalue weighted by molar-refractivity contribution is 7.85. The number of hydrogen-bond donors (Lipinski definition) is 0. The molecule has 2 nitrogen and oxygen atoms in total. The van der Waals surface area contributed by atoms with Gasteiger partial charge in [0.15, 0.2) is 0 Å². The minimum Gasteiger partial charge on any atom is -0.234 e. The van der Waals surface area contributed by atoms with Gasteiger partial charge in [-0.05, 0) is 27.6 Å². The van der Waals surface area contributed by atoms with Gasteiger partial charge < -0.3 is 0 Å². The summed E-state index contributed by atoms with van der Waals surface area (Å²) in [7, 11) is -1.67. The summed E-state index contributed by atoms with van der Waals surface area (Å²) in [5.74, 6) is 0. The molecule has 0 bridgehead atoms. The van der Waals surface area contributed by atoms with E-state index < -0.39 is 28.8 Å². The van der Waals surface area contributed by atoms with Crippen molar-refractivity contribution >= 4 is 17.2 Å². The predicted molar refractivity (Wildman–Crippen MR) is 42.1 cm³/mol. The van der Waals surface area contributed by atoms with E-state index >= 15 is 0 Å². The van der Waals surface area contributed by atoms with Gasteiger partial charge >= 0.3 is 0 Å². The first kappa shape index (κ1) is 3.86. The molecular formula is C6H13NOS. The van der Waals surface area contributed by atoms with Crippen molar-refractivity contribution in [2.75, 3.05) is 0 Å². The highest BCUT2D eigenvalue weighted by atomic mass is 32.2. The van der Waals surface area contributed by atoms with Crippen molar-refractivity contribution in [3.8, 4) is 0 Å². The van der Waals surface area contributed by atoms with E-state index in [2.05, 4.69) is 4.40 Å². The quantitative estimate of drug-likeness (QED) is 0.523. The zero-order valence-electron chi connectivity index (χ0n) is 9.76. The molecule has 0 N–H and O–H groups in total. The van der Waals surface area contributed by atoms with Gasteiger partial charge in [-0.3, -0.25) is 0 Å². The van der Waals surface area contributed by atoms with Crippen molar-refractivity contribution in [3.63, 3.8) is 0 Å². The van der Waals surface area contributed by atoms with Crippen molar-refractivity contribution in [1.82, 2.24) is 0 Å². The highest BCUT2D eigenvalue weighted by Crippen LogP contribution is 2.10. The van der Waals surface area contributed by atoms with E-state index in [1.54, 1.807) is 20.8 Å². The summed E-state index contributed by atoms with van der Waals surface area (Å²) in [6.45, 7) is 2.43. The fourth-order valence-corrected chi connectivity index (χ4v) is 0.535. The van der Waals surface area contributed by atoms with E-state index in [9.17, 15) is 4.21 Å². The van der Waals surface area contributed by atoms with Gasteiger partial charge in [0.2, 0.25) is 0 Å². The van der Waals surface area contributed by atoms with Crippen LogP contribution < -0.4 is 0 Å². The summed E-state index contributed by atoms with van der Waals surface area (Å²) in [5.41, 5.74) is 0. The molecule has 0 saturated carbocycles. The molecule has 0 unspecified atom stereocenters. The summed E-state index contributed by atoms with van der Waals surface area (Å²) in [6.07, 6.45) is -0.805. The van der Waals surface area contributed by atoms with Gasteiger partial charge in [0.1, 0.15) is 11.0 Å². The molecule has 0 radical (unpaired) electrons. The monoisotopic (exact) mass is 151 g/mol. The zero-order chi connectivity index (χ0) is 10.9. The summed E-state index contributed by atoms with van der Waals surface area (Å²) < 4.78 is 41.4. The molecule has 0 fully saturated rings. The van der Waals surface area contributed by atoms with Crippen LogP contribution in [0.4, 0.5) is 0 Å². The average Bonchev–Trinajstić information content (AvgIpc) is 1.82. The molecule has 3 heteroatoms. The molecule has 0 rings (SSSR count). The van der Waals surface area contributed by atoms with E-state index in [-0.39, 0.29) is 0 Å². The van der Waals surface area contributed by atoms with E-state index in [1.165, 1.54) is 0 Å². The molecule has 9 heavy (non-hydrogen) atoms. The molecule has 0 spiro atoms. The first-order chi connectivity index (χ1) is 5.55. The number of nitrogens with zero attached hydrogens (tertiary/aromatic N) is 1. The van der Waals surface area contributed by atoms with Crippen LogP contribution in [-0.4, -0.2) is 15.1 Å². The van der Waals surface area contributed by atoms with Crippen molar-refractivity contribution in [2.24, 2.45) is 4.40 Å². The van der Waals surface area contributed by atoms with Crippen LogP contribution in [0.15, 0.2) is 4.40 Å². The molecule has 54 valence electrons. The van der Waals surface area contributed by atoms with E-state index in [4.69, 9.17) is 5.48 Å². The minimum atomic E-state index is -2.57. The van der Waals surface area contributed by atoms with Crippen LogP contribution in [0.5, 0.6) is 0 Å². The van der Waals surface area contributed by atoms with Gasteiger partial charge in [-0.25, -0.2) is 4.21 Å². The van der Waals surface area contributed by atoms with Crippen LogP contribution in [0, 0.1) is 0 Å². The third kappa shape index (κ3) is 3.40. The molecule has 1 atom stereocenters. The summed E-state index contributed by atoms with van der Waals surface area (Å²) in [5, 5.41) is 0. The standard InChI is InChI=1S/C6H13NOS/c1-5-7-9(8)6(2,3)4/h5H,1-4H3/t9-/m0/s1/i1D3,5D. The molecule has 0 aromatic heterocycles. The SMILES string of the molecule is [2H]C(=N[S@@](=O)C(C)(C)C)C([2H])([2H])[2H]. The summed E-state index contributed by atoms with van der Waals surface area (Å²) in [4.78, 5) is 0. The lowest BCUT2D eigenvalue weighted by Crippen LogP contribution is -2.19. The maximum Gasteiger partial charge on any atom is 0.144 e. The van der Waals surface area contributed by atoms with Crippen LogP contribution in [0.25, 0.3) is 0 Å². The third-order valence-corrected chi connectivity index (χ3v) is 1.96. The molecule has 0 aliphatic rings. The smallest absolute Gasteiger partial charge is 0.144 e. The van der Waals surface area contributed by atoms with E-state index in [1.807, 2.05) is 0 Å². The Morgan fingerprint density at radius 3 is 2.67 bits per heavy atom. The molecule has 0 saturated heterocycles. The Kier molecular flexibility index (Phi) is 1.33. The molecule has 0 aromatic rings. The Labute approximate surface area is 64.6 Å². The van der Waals surface area contributed by atoms with E-state index in [0.717, 1.165) is 0 Å². The Morgan fingerprint density at radius 1 is 1.78 bits per heavy atom. The zero-order valence-corrected chi connectivity index (χ0v) is 6.58. The first-order valence-corrected chi connectivity index (χ1v) is 3.63. The second-order valence-electron chi connectivity index (χ2n) is 2.56. The van der Waals surface area contributed by atoms with Gasteiger partial charge in [-0.1, -0.05) is 0 Å². The molecule has 0 heterocycles. The second kappa shape index (κ2) is 3.11. The molecular weight excluding hydrogens is 134 g/mol. The minimum absolute atomic E-state index is 0.627. The maximum absolute atomic E-state index is 11.3. The Morgan fingerprint density at radius 2 is 2.33 bits per heavy atom. The average molecular weight is 151 g/mol. The first-order valence-electron chi connectivity index (χ1n) is 4.53. The molecule has 0 aromatic carbocycles. The van der Waals surface area contributed by atoms with Crippen LogP contribution in [0.1, 0.15) is 33.1 Å². The van der Waals surface area contributed by atoms with Crippen molar-refractivity contribution in [1.29, 1.82) is 0 Å². The summed E-state index contributed by atoms with van der Waals surface area (Å²) in [6, 6.07) is 0. The normalized spacial score (nSPS) is 25.4. The predicted octanol–water partition coefficient (Wildman–Crippen LogP) is 1.54. The second-order valence-corrected chi connectivity index (χ2v) is 4.47. The van der Waals surface area contributed by atoms with Crippen LogP contribution in [0.2, 0.25) is 0 Å². The van der Waals surface area contributed by atoms with Gasteiger partial charge in [-0.2, -0.15) is 4.40 Å². The maximum atomic E-state index is 11.3. The van der Waals surface area contributed by atoms with Crippen molar-refractivity contribution in [3.05, 3.63) is 0 Å². The van der Waals surface area contributed by atoms with Gasteiger partial charge in [0.05, 0.1) is 6.12 Å². The molecule has 0 aliphatic carbocycles. The van der Waals surface area contributed by atoms with E-state index in [0.29, 0.717) is 0 Å².